The molecule has 12 heavy (non-hydrogen) atoms. The van der Waals surface area contributed by atoms with Gasteiger partial charge in [-0.3, -0.25) is 4.79 Å². The van der Waals surface area contributed by atoms with E-state index in [1.54, 1.807) is 0 Å². The average molecular weight is 166 g/mol. The lowest BCUT2D eigenvalue weighted by atomic mass is 9.78. The van der Waals surface area contributed by atoms with Gasteiger partial charge in [-0.2, -0.15) is 0 Å². The Kier molecular flexibility index (Phi) is 0.906. The van der Waals surface area contributed by atoms with Gasteiger partial charge in [-0.15, -0.1) is 0 Å². The van der Waals surface area contributed by atoms with Crippen LogP contribution < -0.4 is 0 Å². The SMILES string of the molecule is CC1C2C3CC1C(C)(C(=O)O)C32. The molecule has 0 heterocycles. The Bertz CT molecular complexity index is 273. The number of carboxylic acid groups (broad SMARTS) is 1. The molecular formula is C10H14O2. The molecule has 0 radical (unpaired) electrons. The number of hydrogen-bond donors (Lipinski definition) is 1. The van der Waals surface area contributed by atoms with Crippen molar-refractivity contribution >= 4 is 5.97 Å². The Labute approximate surface area is 72.0 Å². The first-order valence-corrected chi connectivity index (χ1v) is 4.82. The molecule has 0 saturated heterocycles. The van der Waals surface area contributed by atoms with Gasteiger partial charge in [0, 0.05) is 0 Å². The van der Waals surface area contributed by atoms with E-state index in [0.29, 0.717) is 17.8 Å². The van der Waals surface area contributed by atoms with Gasteiger partial charge in [-0.1, -0.05) is 6.92 Å². The molecule has 4 fully saturated rings. The van der Waals surface area contributed by atoms with E-state index in [-0.39, 0.29) is 5.41 Å². The molecule has 4 bridgehead atoms. The molecule has 4 aliphatic rings. The highest BCUT2D eigenvalue weighted by Gasteiger charge is 2.79. The minimum atomic E-state index is -0.549. The van der Waals surface area contributed by atoms with Crippen molar-refractivity contribution in [3.05, 3.63) is 0 Å². The molecular weight excluding hydrogens is 152 g/mol. The third-order valence-electron chi connectivity index (χ3n) is 4.92. The van der Waals surface area contributed by atoms with E-state index in [4.69, 9.17) is 0 Å². The van der Waals surface area contributed by atoms with Gasteiger partial charge in [-0.25, -0.2) is 0 Å². The second-order valence-corrected chi connectivity index (χ2v) is 5.06. The molecule has 6 unspecified atom stereocenters. The zero-order valence-corrected chi connectivity index (χ0v) is 7.45. The summed E-state index contributed by atoms with van der Waals surface area (Å²) in [6, 6.07) is 0. The molecule has 1 N–H and O–H groups in total. The van der Waals surface area contributed by atoms with E-state index in [9.17, 15) is 9.90 Å². The number of aliphatic carboxylic acids is 1. The average Bonchev–Trinajstić information content (AvgIpc) is 2.42. The molecule has 2 heteroatoms. The van der Waals surface area contributed by atoms with Crippen LogP contribution in [-0.2, 0) is 4.79 Å². The van der Waals surface area contributed by atoms with Crippen LogP contribution in [0.4, 0.5) is 0 Å². The number of carbonyl (C=O) groups is 1. The van der Waals surface area contributed by atoms with E-state index < -0.39 is 5.97 Å². The monoisotopic (exact) mass is 166 g/mol. The van der Waals surface area contributed by atoms with Gasteiger partial charge in [-0.05, 0) is 42.9 Å². The van der Waals surface area contributed by atoms with Crippen molar-refractivity contribution < 1.29 is 9.90 Å². The molecule has 4 saturated carbocycles. The predicted molar refractivity (Wildman–Crippen MR) is 43.5 cm³/mol. The van der Waals surface area contributed by atoms with E-state index in [2.05, 4.69) is 6.92 Å². The summed E-state index contributed by atoms with van der Waals surface area (Å²) >= 11 is 0. The molecule has 0 aromatic heterocycles. The molecule has 0 aromatic rings. The zero-order chi connectivity index (χ0) is 8.67. The topological polar surface area (TPSA) is 37.3 Å². The molecule has 4 aliphatic carbocycles. The first kappa shape index (κ1) is 6.93. The lowest BCUT2D eigenvalue weighted by Gasteiger charge is -2.25. The standard InChI is InChI=1S/C10H14O2/c1-4-6-3-5-7(4)8(5)10(6,2)9(11)12/h4-8H,3H2,1-2H3,(H,11,12). The molecule has 2 nitrogen and oxygen atoms in total. The quantitative estimate of drug-likeness (QED) is 0.642. The summed E-state index contributed by atoms with van der Waals surface area (Å²) in [6.45, 7) is 4.21. The van der Waals surface area contributed by atoms with Gasteiger partial charge in [0.1, 0.15) is 0 Å². The summed E-state index contributed by atoms with van der Waals surface area (Å²) in [6.07, 6.45) is 1.19. The van der Waals surface area contributed by atoms with Gasteiger partial charge in [0.15, 0.2) is 0 Å². The first-order valence-electron chi connectivity index (χ1n) is 4.82. The van der Waals surface area contributed by atoms with Crippen LogP contribution in [0, 0.1) is 35.0 Å². The Hall–Kier alpha value is -0.530. The van der Waals surface area contributed by atoms with Crippen LogP contribution in [0.25, 0.3) is 0 Å². The van der Waals surface area contributed by atoms with Crippen molar-refractivity contribution in [1.29, 1.82) is 0 Å². The maximum atomic E-state index is 11.1. The summed E-state index contributed by atoms with van der Waals surface area (Å²) in [5, 5.41) is 9.18. The smallest absolute Gasteiger partial charge is 0.309 e. The number of carboxylic acids is 1. The largest absolute Gasteiger partial charge is 0.481 e. The van der Waals surface area contributed by atoms with Crippen molar-refractivity contribution in [3.8, 4) is 0 Å². The third-order valence-corrected chi connectivity index (χ3v) is 4.92. The lowest BCUT2D eigenvalue weighted by Crippen LogP contribution is -2.32. The number of hydrogen-bond acceptors (Lipinski definition) is 1. The normalized spacial score (nSPS) is 65.3. The Morgan fingerprint density at radius 1 is 1.58 bits per heavy atom. The highest BCUT2D eigenvalue weighted by Crippen LogP contribution is 2.80. The van der Waals surface area contributed by atoms with Gasteiger partial charge in [0.25, 0.3) is 0 Å². The van der Waals surface area contributed by atoms with Crippen LogP contribution in [0.1, 0.15) is 20.3 Å². The van der Waals surface area contributed by atoms with Crippen molar-refractivity contribution in [2.75, 3.05) is 0 Å². The molecule has 6 atom stereocenters. The van der Waals surface area contributed by atoms with E-state index >= 15 is 0 Å². The second-order valence-electron chi connectivity index (χ2n) is 5.06. The van der Waals surface area contributed by atoms with Crippen molar-refractivity contribution in [2.45, 2.75) is 20.3 Å². The lowest BCUT2D eigenvalue weighted by molar-refractivity contribution is -0.150. The molecule has 0 aliphatic heterocycles. The molecule has 66 valence electrons. The van der Waals surface area contributed by atoms with Crippen molar-refractivity contribution in [3.63, 3.8) is 0 Å². The maximum absolute atomic E-state index is 11.1. The number of rotatable bonds is 1. The molecule has 0 spiro atoms. The Morgan fingerprint density at radius 3 is 2.42 bits per heavy atom. The van der Waals surface area contributed by atoms with Crippen LogP contribution >= 0.6 is 0 Å². The van der Waals surface area contributed by atoms with Crippen LogP contribution in [-0.4, -0.2) is 11.1 Å². The van der Waals surface area contributed by atoms with Crippen molar-refractivity contribution in [1.82, 2.24) is 0 Å². The maximum Gasteiger partial charge on any atom is 0.309 e. The zero-order valence-electron chi connectivity index (χ0n) is 7.45. The highest BCUT2D eigenvalue weighted by atomic mass is 16.4. The second kappa shape index (κ2) is 1.57. The third kappa shape index (κ3) is 0.436. The van der Waals surface area contributed by atoms with Crippen LogP contribution in [0.2, 0.25) is 0 Å². The summed E-state index contributed by atoms with van der Waals surface area (Å²) in [4.78, 5) is 11.1. The summed E-state index contributed by atoms with van der Waals surface area (Å²) in [5.41, 5.74) is -0.352. The fraction of sp³-hybridized carbons (Fsp3) is 0.900. The van der Waals surface area contributed by atoms with E-state index in [1.807, 2.05) is 6.92 Å². The van der Waals surface area contributed by atoms with Crippen molar-refractivity contribution in [2.24, 2.45) is 35.0 Å². The van der Waals surface area contributed by atoms with Crippen LogP contribution in [0.15, 0.2) is 0 Å². The summed E-state index contributed by atoms with van der Waals surface area (Å²) in [7, 11) is 0. The fourth-order valence-corrected chi connectivity index (χ4v) is 4.38. The minimum absolute atomic E-state index is 0.352. The Balaban J connectivity index is 2.07. The van der Waals surface area contributed by atoms with Gasteiger partial charge in [0.05, 0.1) is 5.41 Å². The Morgan fingerprint density at radius 2 is 2.25 bits per heavy atom. The molecule has 0 amide bonds. The van der Waals surface area contributed by atoms with E-state index in [1.165, 1.54) is 6.42 Å². The van der Waals surface area contributed by atoms with E-state index in [0.717, 1.165) is 11.8 Å². The molecule has 0 aromatic carbocycles. The minimum Gasteiger partial charge on any atom is -0.481 e. The summed E-state index contributed by atoms with van der Waals surface area (Å²) in [5.74, 6) is 2.71. The van der Waals surface area contributed by atoms with Gasteiger partial charge < -0.3 is 5.11 Å². The predicted octanol–water partition coefficient (Wildman–Crippen LogP) is 1.61. The molecule has 4 rings (SSSR count). The van der Waals surface area contributed by atoms with Gasteiger partial charge >= 0.3 is 5.97 Å². The summed E-state index contributed by atoms with van der Waals surface area (Å²) < 4.78 is 0. The highest BCUT2D eigenvalue weighted by molar-refractivity contribution is 5.77. The van der Waals surface area contributed by atoms with Crippen LogP contribution in [0.5, 0.6) is 0 Å². The van der Waals surface area contributed by atoms with Gasteiger partial charge in [0.2, 0.25) is 0 Å². The fourth-order valence-electron chi connectivity index (χ4n) is 4.38. The first-order chi connectivity index (χ1) is 5.58. The van der Waals surface area contributed by atoms with Crippen LogP contribution in [0.3, 0.4) is 0 Å².